The number of hydrogen-bond donors (Lipinski definition) is 2. The largest absolute Gasteiger partial charge is 0.480 e. The van der Waals surface area contributed by atoms with Crippen LogP contribution >= 0.6 is 34.5 Å². The number of carboxylic acids is 1. The van der Waals surface area contributed by atoms with Gasteiger partial charge in [-0.2, -0.15) is 0 Å². The van der Waals surface area contributed by atoms with E-state index in [1.54, 1.807) is 26.0 Å². The van der Waals surface area contributed by atoms with Crippen molar-refractivity contribution in [1.29, 1.82) is 0 Å². The van der Waals surface area contributed by atoms with E-state index in [2.05, 4.69) is 10.4 Å². The fourth-order valence-corrected chi connectivity index (χ4v) is 4.28. The average Bonchev–Trinajstić information content (AvgIpc) is 2.92. The van der Waals surface area contributed by atoms with E-state index in [1.807, 2.05) is 0 Å². The van der Waals surface area contributed by atoms with E-state index >= 15 is 0 Å². The molecule has 0 radical (unpaired) electrons. The second kappa shape index (κ2) is 6.92. The molecule has 0 bridgehead atoms. The minimum absolute atomic E-state index is 0.0671. The molecule has 1 aromatic heterocycles. The number of carboxylic acid groups (broad SMARTS) is 1. The number of hydrazine groups is 1. The summed E-state index contributed by atoms with van der Waals surface area (Å²) in [5.74, 6) is -1.04. The first-order valence-electron chi connectivity index (χ1n) is 7.48. The molecule has 0 saturated carbocycles. The Balaban J connectivity index is 1.88. The first kappa shape index (κ1) is 18.1. The third-order valence-corrected chi connectivity index (χ3v) is 5.83. The number of rotatable bonds is 4. The summed E-state index contributed by atoms with van der Waals surface area (Å²) in [4.78, 5) is 28.1. The van der Waals surface area contributed by atoms with E-state index in [4.69, 9.17) is 28.3 Å². The Morgan fingerprint density at radius 1 is 1.40 bits per heavy atom. The van der Waals surface area contributed by atoms with Crippen LogP contribution in [-0.2, 0) is 16.0 Å². The van der Waals surface area contributed by atoms with E-state index in [1.165, 1.54) is 16.3 Å². The zero-order chi connectivity index (χ0) is 18.3. The lowest BCUT2D eigenvalue weighted by Gasteiger charge is -2.34. The molecule has 9 heteroatoms. The van der Waals surface area contributed by atoms with Crippen molar-refractivity contribution in [3.05, 3.63) is 38.5 Å². The average molecular weight is 400 g/mol. The van der Waals surface area contributed by atoms with Crippen LogP contribution in [0.4, 0.5) is 0 Å². The van der Waals surface area contributed by atoms with Gasteiger partial charge >= 0.3 is 5.97 Å². The molecule has 0 aliphatic carbocycles. The van der Waals surface area contributed by atoms with Gasteiger partial charge in [0.25, 0.3) is 0 Å². The Hall–Kier alpha value is -1.67. The minimum atomic E-state index is -0.978. The number of ketones is 1. The zero-order valence-electron chi connectivity index (χ0n) is 13.5. The molecular weight excluding hydrogens is 385 g/mol. The van der Waals surface area contributed by atoms with Gasteiger partial charge in [0.2, 0.25) is 0 Å². The molecule has 0 saturated heterocycles. The van der Waals surface area contributed by atoms with Gasteiger partial charge in [-0.1, -0.05) is 23.2 Å². The summed E-state index contributed by atoms with van der Waals surface area (Å²) in [5, 5.41) is 12.3. The molecule has 2 heterocycles. The third kappa shape index (κ3) is 3.64. The number of Topliss-reactive ketones (excluding diaryl/α,β-unsaturated/α-hetero) is 1. The predicted molar refractivity (Wildman–Crippen MR) is 98.0 cm³/mol. The van der Waals surface area contributed by atoms with Gasteiger partial charge in [0.1, 0.15) is 6.54 Å². The highest BCUT2D eigenvalue weighted by atomic mass is 35.5. The van der Waals surface area contributed by atoms with Crippen molar-refractivity contribution in [1.82, 2.24) is 15.4 Å². The molecule has 132 valence electrons. The Kier molecular flexibility index (Phi) is 5.02. The number of nitrogens with one attached hydrogen (secondary N) is 1. The Morgan fingerprint density at radius 2 is 2.12 bits per heavy atom. The molecule has 1 aliphatic heterocycles. The number of carbonyl (C=O) groups is 2. The van der Waals surface area contributed by atoms with E-state index in [-0.39, 0.29) is 12.3 Å². The fraction of sp³-hybridized carbons (Fsp3) is 0.312. The molecule has 25 heavy (non-hydrogen) atoms. The SMILES string of the molecule is CC1=C(C)N(CC(=O)O)NC(Cc2nc3cc(Cl)cc(Cl)c3s2)C1=O. The molecule has 0 fully saturated rings. The molecular formula is C16H15Cl2N3O3S. The zero-order valence-corrected chi connectivity index (χ0v) is 15.8. The van der Waals surface area contributed by atoms with Crippen LogP contribution in [-0.4, -0.2) is 39.4 Å². The number of halogens is 2. The first-order valence-corrected chi connectivity index (χ1v) is 9.05. The van der Waals surface area contributed by atoms with Crippen molar-refractivity contribution >= 4 is 56.5 Å². The maximum absolute atomic E-state index is 12.5. The topological polar surface area (TPSA) is 82.5 Å². The van der Waals surface area contributed by atoms with Gasteiger partial charge in [-0.25, -0.2) is 10.4 Å². The van der Waals surface area contributed by atoms with Gasteiger partial charge in [-0.05, 0) is 26.0 Å². The lowest BCUT2D eigenvalue weighted by Crippen LogP contribution is -2.54. The molecule has 2 N–H and O–H groups in total. The summed E-state index contributed by atoms with van der Waals surface area (Å²) in [5.41, 5.74) is 4.83. The summed E-state index contributed by atoms with van der Waals surface area (Å²) in [6, 6.07) is 2.81. The maximum atomic E-state index is 12.5. The number of aliphatic carboxylic acids is 1. The van der Waals surface area contributed by atoms with Gasteiger partial charge in [0, 0.05) is 22.7 Å². The van der Waals surface area contributed by atoms with Gasteiger partial charge < -0.3 is 10.1 Å². The third-order valence-electron chi connectivity index (χ3n) is 4.07. The van der Waals surface area contributed by atoms with Crippen LogP contribution in [0.2, 0.25) is 10.0 Å². The Morgan fingerprint density at radius 3 is 2.80 bits per heavy atom. The van der Waals surface area contributed by atoms with Crippen LogP contribution in [0.5, 0.6) is 0 Å². The minimum Gasteiger partial charge on any atom is -0.480 e. The standard InChI is InChI=1S/C16H15Cl2N3O3S/c1-7-8(2)21(6-14(22)23)20-11(15(7)24)5-13-19-12-4-9(17)3-10(18)16(12)25-13/h3-4,11,20H,5-6H2,1-2H3,(H,22,23). The van der Waals surface area contributed by atoms with Crippen LogP contribution in [0, 0.1) is 0 Å². The molecule has 2 aromatic rings. The van der Waals surface area contributed by atoms with Crippen molar-refractivity contribution in [3.8, 4) is 0 Å². The van der Waals surface area contributed by atoms with Crippen molar-refractivity contribution in [2.75, 3.05) is 6.54 Å². The number of carbonyl (C=O) groups excluding carboxylic acids is 1. The summed E-state index contributed by atoms with van der Waals surface area (Å²) in [6.07, 6.45) is 0.340. The number of aromatic nitrogens is 1. The number of benzene rings is 1. The van der Waals surface area contributed by atoms with Crippen LogP contribution in [0.25, 0.3) is 10.2 Å². The van der Waals surface area contributed by atoms with Gasteiger partial charge in [0.05, 0.1) is 26.3 Å². The molecule has 6 nitrogen and oxygen atoms in total. The monoisotopic (exact) mass is 399 g/mol. The first-order chi connectivity index (χ1) is 11.8. The van der Waals surface area contributed by atoms with Crippen LogP contribution in [0.15, 0.2) is 23.4 Å². The van der Waals surface area contributed by atoms with Crippen LogP contribution in [0.1, 0.15) is 18.9 Å². The number of hydrogen-bond acceptors (Lipinski definition) is 6. The molecule has 1 unspecified atom stereocenters. The van der Waals surface area contributed by atoms with Crippen LogP contribution < -0.4 is 5.43 Å². The molecule has 1 atom stereocenters. The predicted octanol–water partition coefficient (Wildman–Crippen LogP) is 3.28. The lowest BCUT2D eigenvalue weighted by molar-refractivity contribution is -0.139. The normalized spacial score (nSPS) is 18.3. The number of thiazole rings is 1. The fourth-order valence-electron chi connectivity index (χ4n) is 2.69. The maximum Gasteiger partial charge on any atom is 0.324 e. The second-order valence-corrected chi connectivity index (χ2v) is 7.71. The molecule has 1 aliphatic rings. The second-order valence-electron chi connectivity index (χ2n) is 5.78. The van der Waals surface area contributed by atoms with E-state index in [9.17, 15) is 9.59 Å². The highest BCUT2D eigenvalue weighted by Crippen LogP contribution is 2.33. The Labute approximate surface area is 158 Å². The summed E-state index contributed by atoms with van der Waals surface area (Å²) < 4.78 is 0.815. The highest BCUT2D eigenvalue weighted by molar-refractivity contribution is 7.19. The lowest BCUT2D eigenvalue weighted by atomic mass is 9.99. The molecule has 3 rings (SSSR count). The van der Waals surface area contributed by atoms with Gasteiger partial charge in [0.15, 0.2) is 5.78 Å². The van der Waals surface area contributed by atoms with Gasteiger partial charge in [-0.15, -0.1) is 11.3 Å². The number of nitrogens with zero attached hydrogens (tertiary/aromatic N) is 2. The highest BCUT2D eigenvalue weighted by Gasteiger charge is 2.31. The smallest absolute Gasteiger partial charge is 0.324 e. The molecule has 0 amide bonds. The number of fused-ring (bicyclic) bond motifs is 1. The molecule has 0 spiro atoms. The van der Waals surface area contributed by atoms with E-state index < -0.39 is 12.0 Å². The number of allylic oxidation sites excluding steroid dienone is 1. The van der Waals surface area contributed by atoms with Crippen molar-refractivity contribution in [3.63, 3.8) is 0 Å². The Bertz CT molecular complexity index is 909. The van der Waals surface area contributed by atoms with Crippen LogP contribution in [0.3, 0.4) is 0 Å². The quantitative estimate of drug-likeness (QED) is 0.820. The summed E-state index contributed by atoms with van der Waals surface area (Å²) in [7, 11) is 0. The van der Waals surface area contributed by atoms with E-state index in [0.717, 1.165) is 9.71 Å². The summed E-state index contributed by atoms with van der Waals surface area (Å²) in [6.45, 7) is 3.20. The van der Waals surface area contributed by atoms with Gasteiger partial charge in [-0.3, -0.25) is 9.59 Å². The summed E-state index contributed by atoms with van der Waals surface area (Å²) >= 11 is 13.6. The van der Waals surface area contributed by atoms with Crippen molar-refractivity contribution in [2.45, 2.75) is 26.3 Å². The molecule has 1 aromatic carbocycles. The van der Waals surface area contributed by atoms with E-state index in [0.29, 0.717) is 33.3 Å². The van der Waals surface area contributed by atoms with Crippen molar-refractivity contribution < 1.29 is 14.7 Å². The van der Waals surface area contributed by atoms with Crippen molar-refractivity contribution in [2.24, 2.45) is 0 Å².